The smallest absolute Gasteiger partial charge is 0.339 e. The molecule has 0 bridgehead atoms. The van der Waals surface area contributed by atoms with Gasteiger partial charge in [0.05, 0.1) is 17.7 Å². The molecule has 0 aliphatic carbocycles. The first-order valence-corrected chi connectivity index (χ1v) is 7.66. The van der Waals surface area contributed by atoms with Crippen molar-refractivity contribution in [3.63, 3.8) is 0 Å². The monoisotopic (exact) mass is 306 g/mol. The molecule has 1 N–H and O–H groups in total. The van der Waals surface area contributed by atoms with Crippen molar-refractivity contribution in [2.45, 2.75) is 53.4 Å². The normalized spacial score (nSPS) is 11.6. The minimum absolute atomic E-state index is 0.0732. The molecule has 0 radical (unpaired) electrons. The zero-order valence-corrected chi connectivity index (χ0v) is 14.3. The standard InChI is InChI=1S/C18H26O4/c1-7-22-17(21)13-9-8-12(10-11(2)3)15(18(4,5)6)14(13)16(19)20/h8-9,11H,7,10H2,1-6H3,(H,19,20). The Morgan fingerprint density at radius 2 is 1.82 bits per heavy atom. The number of carboxylic acid groups (broad SMARTS) is 1. The molecule has 122 valence electrons. The molecule has 4 nitrogen and oxygen atoms in total. The Hall–Kier alpha value is -1.84. The minimum Gasteiger partial charge on any atom is -0.478 e. The summed E-state index contributed by atoms with van der Waals surface area (Å²) in [5.41, 5.74) is 1.53. The highest BCUT2D eigenvalue weighted by Gasteiger charge is 2.30. The number of carbonyl (C=O) groups excluding carboxylic acids is 1. The lowest BCUT2D eigenvalue weighted by molar-refractivity contribution is 0.0514. The molecule has 0 atom stereocenters. The lowest BCUT2D eigenvalue weighted by Crippen LogP contribution is -2.24. The van der Waals surface area contributed by atoms with Gasteiger partial charge in [0, 0.05) is 0 Å². The number of rotatable bonds is 5. The van der Waals surface area contributed by atoms with Gasteiger partial charge in [0.2, 0.25) is 0 Å². The summed E-state index contributed by atoms with van der Waals surface area (Å²) in [7, 11) is 0. The molecule has 0 aliphatic rings. The number of aromatic carboxylic acids is 1. The predicted molar refractivity (Wildman–Crippen MR) is 86.6 cm³/mol. The van der Waals surface area contributed by atoms with E-state index in [-0.39, 0.29) is 23.1 Å². The van der Waals surface area contributed by atoms with Crippen molar-refractivity contribution < 1.29 is 19.4 Å². The summed E-state index contributed by atoms with van der Waals surface area (Å²) in [6.07, 6.45) is 0.774. The highest BCUT2D eigenvalue weighted by atomic mass is 16.5. The molecule has 0 saturated heterocycles. The summed E-state index contributed by atoms with van der Waals surface area (Å²) in [5.74, 6) is -1.27. The summed E-state index contributed by atoms with van der Waals surface area (Å²) in [6, 6.07) is 3.44. The molecule has 0 aliphatic heterocycles. The molecule has 0 unspecified atom stereocenters. The average molecular weight is 306 g/mol. The Labute approximate surface area is 132 Å². The van der Waals surface area contributed by atoms with Gasteiger partial charge in [-0.05, 0) is 41.9 Å². The highest BCUT2D eigenvalue weighted by Crippen LogP contribution is 2.33. The fourth-order valence-corrected chi connectivity index (χ4v) is 2.71. The molecular weight excluding hydrogens is 280 g/mol. The van der Waals surface area contributed by atoms with Gasteiger partial charge in [-0.2, -0.15) is 0 Å². The third-order valence-corrected chi connectivity index (χ3v) is 3.38. The topological polar surface area (TPSA) is 63.6 Å². The van der Waals surface area contributed by atoms with E-state index in [0.717, 1.165) is 17.5 Å². The van der Waals surface area contributed by atoms with E-state index in [2.05, 4.69) is 13.8 Å². The van der Waals surface area contributed by atoms with E-state index in [1.165, 1.54) is 0 Å². The molecule has 0 amide bonds. The molecule has 0 saturated carbocycles. The summed E-state index contributed by atoms with van der Waals surface area (Å²) < 4.78 is 5.01. The molecule has 0 fully saturated rings. The van der Waals surface area contributed by atoms with Crippen LogP contribution >= 0.6 is 0 Å². The van der Waals surface area contributed by atoms with E-state index in [4.69, 9.17) is 4.74 Å². The van der Waals surface area contributed by atoms with Crippen LogP contribution in [-0.2, 0) is 16.6 Å². The number of hydrogen-bond donors (Lipinski definition) is 1. The van der Waals surface area contributed by atoms with Crippen LogP contribution in [0.3, 0.4) is 0 Å². The first-order valence-electron chi connectivity index (χ1n) is 7.66. The fraction of sp³-hybridized carbons (Fsp3) is 0.556. The van der Waals surface area contributed by atoms with Gasteiger partial charge in [-0.3, -0.25) is 0 Å². The Balaban J connectivity index is 3.65. The second-order valence-corrected chi connectivity index (χ2v) is 6.90. The predicted octanol–water partition coefficient (Wildman–Crippen LogP) is 4.06. The first-order chi connectivity index (χ1) is 10.1. The summed E-state index contributed by atoms with van der Waals surface area (Å²) in [4.78, 5) is 23.9. The van der Waals surface area contributed by atoms with Gasteiger partial charge in [0.1, 0.15) is 0 Å². The molecular formula is C18H26O4. The molecule has 1 aromatic rings. The van der Waals surface area contributed by atoms with Crippen molar-refractivity contribution >= 4 is 11.9 Å². The van der Waals surface area contributed by atoms with Crippen molar-refractivity contribution in [2.24, 2.45) is 5.92 Å². The van der Waals surface area contributed by atoms with Crippen LogP contribution in [0, 0.1) is 5.92 Å². The van der Waals surface area contributed by atoms with Gasteiger partial charge in [0.25, 0.3) is 0 Å². The van der Waals surface area contributed by atoms with Gasteiger partial charge >= 0.3 is 11.9 Å². The molecule has 0 spiro atoms. The van der Waals surface area contributed by atoms with Gasteiger partial charge in [-0.1, -0.05) is 40.7 Å². The van der Waals surface area contributed by atoms with Gasteiger partial charge in [-0.15, -0.1) is 0 Å². The SMILES string of the molecule is CCOC(=O)c1ccc(CC(C)C)c(C(C)(C)C)c1C(=O)O. The minimum atomic E-state index is -1.08. The number of benzene rings is 1. The van der Waals surface area contributed by atoms with E-state index in [9.17, 15) is 14.7 Å². The molecule has 1 aromatic carbocycles. The van der Waals surface area contributed by atoms with E-state index >= 15 is 0 Å². The van der Waals surface area contributed by atoms with Gasteiger partial charge in [0.15, 0.2) is 0 Å². The molecule has 4 heteroatoms. The van der Waals surface area contributed by atoms with Crippen molar-refractivity contribution in [2.75, 3.05) is 6.61 Å². The fourth-order valence-electron chi connectivity index (χ4n) is 2.71. The Morgan fingerprint density at radius 1 is 1.23 bits per heavy atom. The second kappa shape index (κ2) is 6.95. The van der Waals surface area contributed by atoms with Crippen molar-refractivity contribution in [3.8, 4) is 0 Å². The summed E-state index contributed by atoms with van der Waals surface area (Å²) in [5, 5.41) is 9.68. The van der Waals surface area contributed by atoms with Crippen LogP contribution in [0.2, 0.25) is 0 Å². The highest BCUT2D eigenvalue weighted by molar-refractivity contribution is 6.04. The number of ether oxygens (including phenoxy) is 1. The van der Waals surface area contributed by atoms with E-state index in [1.807, 2.05) is 26.8 Å². The van der Waals surface area contributed by atoms with Crippen molar-refractivity contribution in [3.05, 3.63) is 34.4 Å². The quantitative estimate of drug-likeness (QED) is 0.833. The lowest BCUT2D eigenvalue weighted by atomic mass is 9.77. The first kappa shape index (κ1) is 18.2. The maximum absolute atomic E-state index is 12.1. The average Bonchev–Trinajstić information content (AvgIpc) is 2.36. The lowest BCUT2D eigenvalue weighted by Gasteiger charge is -2.27. The van der Waals surface area contributed by atoms with Gasteiger partial charge in [-0.25, -0.2) is 9.59 Å². The third-order valence-electron chi connectivity index (χ3n) is 3.38. The van der Waals surface area contributed by atoms with Crippen molar-refractivity contribution in [1.29, 1.82) is 0 Å². The van der Waals surface area contributed by atoms with Crippen LogP contribution in [0.25, 0.3) is 0 Å². The molecule has 0 aromatic heterocycles. The number of hydrogen-bond acceptors (Lipinski definition) is 3. The van der Waals surface area contributed by atoms with Crippen LogP contribution in [0.4, 0.5) is 0 Å². The van der Waals surface area contributed by atoms with Gasteiger partial charge < -0.3 is 9.84 Å². The maximum atomic E-state index is 12.1. The molecule has 0 heterocycles. The van der Waals surface area contributed by atoms with Crippen LogP contribution in [0.5, 0.6) is 0 Å². The molecule has 1 rings (SSSR count). The largest absolute Gasteiger partial charge is 0.478 e. The zero-order chi connectivity index (χ0) is 17.1. The van der Waals surface area contributed by atoms with E-state index in [0.29, 0.717) is 5.92 Å². The van der Waals surface area contributed by atoms with Crippen LogP contribution in [-0.4, -0.2) is 23.7 Å². The van der Waals surface area contributed by atoms with Crippen LogP contribution in [0.15, 0.2) is 12.1 Å². The van der Waals surface area contributed by atoms with Crippen LogP contribution in [0.1, 0.15) is 73.4 Å². The second-order valence-electron chi connectivity index (χ2n) is 6.90. The van der Waals surface area contributed by atoms with E-state index < -0.39 is 11.9 Å². The maximum Gasteiger partial charge on any atom is 0.339 e. The number of esters is 1. The molecule has 22 heavy (non-hydrogen) atoms. The summed E-state index contributed by atoms with van der Waals surface area (Å²) >= 11 is 0. The Kier molecular flexibility index (Phi) is 5.75. The van der Waals surface area contributed by atoms with Crippen LogP contribution < -0.4 is 0 Å². The number of carbonyl (C=O) groups is 2. The third kappa shape index (κ3) is 4.09. The number of carboxylic acids is 1. The Morgan fingerprint density at radius 3 is 2.23 bits per heavy atom. The Bertz CT molecular complexity index is 565. The zero-order valence-electron chi connectivity index (χ0n) is 14.3. The van der Waals surface area contributed by atoms with Crippen molar-refractivity contribution in [1.82, 2.24) is 0 Å². The summed E-state index contributed by atoms with van der Waals surface area (Å²) in [6.45, 7) is 12.0. The van der Waals surface area contributed by atoms with E-state index in [1.54, 1.807) is 13.0 Å².